The number of amides is 1. The highest BCUT2D eigenvalue weighted by Gasteiger charge is 2.18. The predicted molar refractivity (Wildman–Crippen MR) is 108 cm³/mol. The molecule has 2 aromatic carbocycles. The maximum Gasteiger partial charge on any atom is 0.298 e. The fraction of sp³-hybridized carbons (Fsp3) is 0.0952. The predicted octanol–water partition coefficient (Wildman–Crippen LogP) is 5.13. The van der Waals surface area contributed by atoms with Crippen molar-refractivity contribution in [2.24, 2.45) is 10.2 Å². The molecule has 2 heterocycles. The Labute approximate surface area is 170 Å². The Balaban J connectivity index is 1.74. The normalized spacial score (nSPS) is 11.4. The van der Waals surface area contributed by atoms with Crippen LogP contribution in [0, 0.1) is 17.0 Å². The summed E-state index contributed by atoms with van der Waals surface area (Å²) in [4.78, 5) is 22.8. The van der Waals surface area contributed by atoms with Crippen LogP contribution in [0.25, 0.3) is 10.9 Å². The van der Waals surface area contributed by atoms with E-state index in [0.717, 1.165) is 0 Å². The summed E-state index contributed by atoms with van der Waals surface area (Å²) in [6.07, 6.45) is 1.39. The molecular weight excluding hydrogens is 388 g/mol. The number of nitrogens with zero attached hydrogens (tertiary/aromatic N) is 4. The van der Waals surface area contributed by atoms with Gasteiger partial charge in [-0.2, -0.15) is 0 Å². The van der Waals surface area contributed by atoms with E-state index in [1.807, 2.05) is 0 Å². The first-order valence-corrected chi connectivity index (χ1v) is 8.99. The third kappa shape index (κ3) is 3.44. The summed E-state index contributed by atoms with van der Waals surface area (Å²) < 4.78 is 6.67. The Morgan fingerprint density at radius 2 is 2.00 bits per heavy atom. The fourth-order valence-electron chi connectivity index (χ4n) is 3.24. The summed E-state index contributed by atoms with van der Waals surface area (Å²) in [5.74, 6) is -0.351. The number of carbonyl (C=O) groups excluding carboxylic acids is 1. The molecule has 2 aromatic heterocycles. The molecule has 1 N–H and O–H groups in total. The summed E-state index contributed by atoms with van der Waals surface area (Å²) in [5, 5.41) is 30.2. The molecule has 0 bridgehead atoms. The minimum Gasteiger partial charge on any atom is -0.493 e. The number of nitro benzene ring substituents is 1. The number of azo groups is 1. The van der Waals surface area contributed by atoms with Crippen LogP contribution in [0.4, 0.5) is 11.4 Å². The highest BCUT2D eigenvalue weighted by molar-refractivity contribution is 5.97. The van der Waals surface area contributed by atoms with Crippen molar-refractivity contribution < 1.29 is 19.2 Å². The molecule has 0 aliphatic heterocycles. The van der Waals surface area contributed by atoms with Gasteiger partial charge in [-0.3, -0.25) is 14.9 Å². The van der Waals surface area contributed by atoms with E-state index in [1.165, 1.54) is 24.5 Å². The summed E-state index contributed by atoms with van der Waals surface area (Å²) in [7, 11) is 0. The lowest BCUT2D eigenvalue weighted by Crippen LogP contribution is -1.99. The van der Waals surface area contributed by atoms with Crippen molar-refractivity contribution in [3.63, 3.8) is 0 Å². The van der Waals surface area contributed by atoms with E-state index < -0.39 is 10.8 Å². The van der Waals surface area contributed by atoms with Crippen LogP contribution in [0.2, 0.25) is 0 Å². The van der Waals surface area contributed by atoms with Crippen LogP contribution in [-0.4, -0.2) is 20.5 Å². The summed E-state index contributed by atoms with van der Waals surface area (Å²) >= 11 is 0. The number of furan rings is 1. The summed E-state index contributed by atoms with van der Waals surface area (Å²) in [5.41, 5.74) is 1.68. The topological polar surface area (TPSA) is 123 Å². The van der Waals surface area contributed by atoms with Crippen LogP contribution >= 0.6 is 0 Å². The number of fused-ring (bicyclic) bond motifs is 1. The monoisotopic (exact) mass is 404 g/mol. The first kappa shape index (κ1) is 19.1. The third-order valence-corrected chi connectivity index (χ3v) is 4.71. The molecular formula is C21H16N4O5. The zero-order chi connectivity index (χ0) is 21.3. The molecule has 150 valence electrons. The van der Waals surface area contributed by atoms with Gasteiger partial charge >= 0.3 is 0 Å². The SMILES string of the molecule is Cc1occc1C(=O)N=Nc1c(O)n(Cc2cccc([N+](=O)[O-])c2)c2ccccc12. The van der Waals surface area contributed by atoms with E-state index in [4.69, 9.17) is 4.42 Å². The number of benzene rings is 2. The lowest BCUT2D eigenvalue weighted by Gasteiger charge is -2.07. The molecule has 0 aliphatic carbocycles. The van der Waals surface area contributed by atoms with Gasteiger partial charge in [0.15, 0.2) is 5.69 Å². The lowest BCUT2D eigenvalue weighted by molar-refractivity contribution is -0.384. The van der Waals surface area contributed by atoms with Crippen molar-refractivity contribution in [2.75, 3.05) is 0 Å². The second-order valence-electron chi connectivity index (χ2n) is 6.60. The van der Waals surface area contributed by atoms with E-state index >= 15 is 0 Å². The Kier molecular flexibility index (Phi) is 4.85. The summed E-state index contributed by atoms with van der Waals surface area (Å²) in [6.45, 7) is 1.82. The molecule has 30 heavy (non-hydrogen) atoms. The standard InChI is InChI=1S/C21H16N4O5/c1-13-16(9-10-30-13)20(26)23-22-19-17-7-2-3-8-18(17)24(21(19)27)12-14-5-4-6-15(11-14)25(28)29/h2-11,27H,12H2,1H3. The highest BCUT2D eigenvalue weighted by atomic mass is 16.6. The number of aromatic hydroxyl groups is 1. The molecule has 1 amide bonds. The van der Waals surface area contributed by atoms with Gasteiger partial charge in [0.25, 0.3) is 11.6 Å². The van der Waals surface area contributed by atoms with Crippen molar-refractivity contribution >= 4 is 28.2 Å². The van der Waals surface area contributed by atoms with Gasteiger partial charge in [-0.15, -0.1) is 10.2 Å². The Bertz CT molecular complexity index is 1300. The van der Waals surface area contributed by atoms with E-state index in [2.05, 4.69) is 10.2 Å². The average molecular weight is 404 g/mol. The smallest absolute Gasteiger partial charge is 0.298 e. The number of nitro groups is 1. The fourth-order valence-corrected chi connectivity index (χ4v) is 3.24. The first-order chi connectivity index (χ1) is 14.5. The zero-order valence-electron chi connectivity index (χ0n) is 15.8. The molecule has 0 spiro atoms. The van der Waals surface area contributed by atoms with Gasteiger partial charge in [0, 0.05) is 17.5 Å². The molecule has 9 heteroatoms. The Hall–Kier alpha value is -4.27. The lowest BCUT2D eigenvalue weighted by atomic mass is 10.2. The Morgan fingerprint density at radius 3 is 2.73 bits per heavy atom. The maximum atomic E-state index is 12.3. The number of para-hydroxylation sites is 1. The molecule has 4 aromatic rings. The largest absolute Gasteiger partial charge is 0.493 e. The molecule has 9 nitrogen and oxygen atoms in total. The van der Waals surface area contributed by atoms with E-state index in [0.29, 0.717) is 27.8 Å². The number of hydrogen-bond acceptors (Lipinski definition) is 6. The number of carbonyl (C=O) groups is 1. The van der Waals surface area contributed by atoms with E-state index in [-0.39, 0.29) is 23.8 Å². The second-order valence-corrected chi connectivity index (χ2v) is 6.60. The molecule has 0 radical (unpaired) electrons. The number of aryl methyl sites for hydroxylation is 1. The van der Waals surface area contributed by atoms with Gasteiger partial charge in [-0.25, -0.2) is 0 Å². The minimum absolute atomic E-state index is 0.0376. The zero-order valence-corrected chi connectivity index (χ0v) is 15.8. The van der Waals surface area contributed by atoms with Crippen LogP contribution in [0.5, 0.6) is 5.88 Å². The number of aromatic nitrogens is 1. The van der Waals surface area contributed by atoms with Gasteiger partial charge in [0.1, 0.15) is 5.76 Å². The van der Waals surface area contributed by atoms with Crippen LogP contribution < -0.4 is 0 Å². The Morgan fingerprint density at radius 1 is 1.20 bits per heavy atom. The van der Waals surface area contributed by atoms with Gasteiger partial charge in [0.2, 0.25) is 5.88 Å². The van der Waals surface area contributed by atoms with Crippen LogP contribution in [-0.2, 0) is 6.54 Å². The molecule has 0 fully saturated rings. The molecule has 0 atom stereocenters. The molecule has 0 saturated carbocycles. The van der Waals surface area contributed by atoms with Gasteiger partial charge < -0.3 is 14.1 Å². The first-order valence-electron chi connectivity index (χ1n) is 8.99. The molecule has 0 saturated heterocycles. The van der Waals surface area contributed by atoms with Crippen molar-refractivity contribution in [1.82, 2.24) is 4.57 Å². The van der Waals surface area contributed by atoms with Crippen molar-refractivity contribution in [1.29, 1.82) is 0 Å². The number of hydrogen-bond donors (Lipinski definition) is 1. The average Bonchev–Trinajstić information content (AvgIpc) is 3.28. The number of rotatable bonds is 5. The highest BCUT2D eigenvalue weighted by Crippen LogP contribution is 2.39. The molecule has 4 rings (SSSR count). The second kappa shape index (κ2) is 7.63. The number of non-ortho nitro benzene ring substituents is 1. The van der Waals surface area contributed by atoms with Gasteiger partial charge in [-0.05, 0) is 24.6 Å². The molecule has 0 aliphatic rings. The van der Waals surface area contributed by atoms with Crippen molar-refractivity contribution in [2.45, 2.75) is 13.5 Å². The van der Waals surface area contributed by atoms with Crippen LogP contribution in [0.15, 0.2) is 75.5 Å². The van der Waals surface area contributed by atoms with Crippen molar-refractivity contribution in [3.05, 3.63) is 87.9 Å². The molecule has 0 unspecified atom stereocenters. The van der Waals surface area contributed by atoms with Gasteiger partial charge in [-0.1, -0.05) is 30.3 Å². The maximum absolute atomic E-state index is 12.3. The van der Waals surface area contributed by atoms with Crippen molar-refractivity contribution in [3.8, 4) is 5.88 Å². The van der Waals surface area contributed by atoms with E-state index in [1.54, 1.807) is 47.9 Å². The van der Waals surface area contributed by atoms with E-state index in [9.17, 15) is 20.0 Å². The summed E-state index contributed by atoms with van der Waals surface area (Å²) in [6, 6.07) is 14.8. The third-order valence-electron chi connectivity index (χ3n) is 4.71. The quantitative estimate of drug-likeness (QED) is 0.281. The van der Waals surface area contributed by atoms with Crippen LogP contribution in [0.1, 0.15) is 21.7 Å². The minimum atomic E-state index is -0.587. The van der Waals surface area contributed by atoms with Crippen LogP contribution in [0.3, 0.4) is 0 Å². The van der Waals surface area contributed by atoms with Gasteiger partial charge in [0.05, 0.1) is 28.8 Å².